The molecule has 1 N–H and O–H groups in total. The third-order valence-corrected chi connectivity index (χ3v) is 5.14. The maximum Gasteiger partial charge on any atom is 0.248 e. The molecule has 1 saturated carbocycles. The average Bonchev–Trinajstić information content (AvgIpc) is 3.09. The summed E-state index contributed by atoms with van der Waals surface area (Å²) in [6, 6.07) is -0.337. The van der Waals surface area contributed by atoms with Gasteiger partial charge in [0.15, 0.2) is 0 Å². The van der Waals surface area contributed by atoms with Gasteiger partial charge in [0, 0.05) is 19.8 Å². The van der Waals surface area contributed by atoms with Crippen LogP contribution < -0.4 is 5.32 Å². The van der Waals surface area contributed by atoms with E-state index in [-0.39, 0.29) is 17.9 Å². The summed E-state index contributed by atoms with van der Waals surface area (Å²) < 4.78 is 5.38. The Morgan fingerprint density at radius 3 is 2.75 bits per heavy atom. The van der Waals surface area contributed by atoms with Gasteiger partial charge in [-0.1, -0.05) is 12.8 Å². The van der Waals surface area contributed by atoms with Crippen LogP contribution in [0.15, 0.2) is 0 Å². The van der Waals surface area contributed by atoms with Crippen molar-refractivity contribution in [2.45, 2.75) is 57.0 Å². The van der Waals surface area contributed by atoms with Crippen LogP contribution in [0.2, 0.25) is 0 Å². The summed E-state index contributed by atoms with van der Waals surface area (Å²) in [4.78, 5) is 26.8. The predicted molar refractivity (Wildman–Crippen MR) is 74.1 cm³/mol. The minimum atomic E-state index is -0.588. The first-order valence-corrected chi connectivity index (χ1v) is 7.83. The van der Waals surface area contributed by atoms with Crippen molar-refractivity contribution in [3.8, 4) is 0 Å². The van der Waals surface area contributed by atoms with Crippen molar-refractivity contribution in [1.29, 1.82) is 0 Å². The van der Waals surface area contributed by atoms with Gasteiger partial charge < -0.3 is 15.0 Å². The topological polar surface area (TPSA) is 58.6 Å². The third kappa shape index (κ3) is 2.32. The van der Waals surface area contributed by atoms with Crippen molar-refractivity contribution in [2.24, 2.45) is 5.92 Å². The van der Waals surface area contributed by atoms with Crippen molar-refractivity contribution >= 4 is 11.8 Å². The molecule has 2 aliphatic heterocycles. The molecular formula is C15H24N2O3. The van der Waals surface area contributed by atoms with Gasteiger partial charge in [0.1, 0.15) is 11.6 Å². The molecule has 0 radical (unpaired) electrons. The predicted octanol–water partition coefficient (Wildman–Crippen LogP) is 1.07. The highest BCUT2D eigenvalue weighted by molar-refractivity contribution is 5.99. The quantitative estimate of drug-likeness (QED) is 0.841. The zero-order chi connectivity index (χ0) is 14.2. The second kappa shape index (κ2) is 5.35. The van der Waals surface area contributed by atoms with E-state index in [1.165, 1.54) is 0 Å². The van der Waals surface area contributed by atoms with Crippen molar-refractivity contribution in [1.82, 2.24) is 10.2 Å². The Bertz CT molecular complexity index is 398. The SMILES string of the molecule is CC1C(=O)NC2(CCCC2)C(=O)N1CCC1CCOC1. The van der Waals surface area contributed by atoms with E-state index in [2.05, 4.69) is 5.32 Å². The molecule has 0 aromatic carbocycles. The molecule has 2 unspecified atom stereocenters. The maximum atomic E-state index is 12.8. The lowest BCUT2D eigenvalue weighted by Gasteiger charge is -2.43. The lowest BCUT2D eigenvalue weighted by atomic mass is 9.90. The second-order valence-corrected chi connectivity index (χ2v) is 6.47. The monoisotopic (exact) mass is 280 g/mol. The fraction of sp³-hybridized carbons (Fsp3) is 0.867. The number of carbonyl (C=O) groups is 2. The van der Waals surface area contributed by atoms with E-state index in [1.807, 2.05) is 11.8 Å². The molecule has 0 aromatic rings. The van der Waals surface area contributed by atoms with Crippen LogP contribution >= 0.6 is 0 Å². The fourth-order valence-electron chi connectivity index (χ4n) is 3.73. The first-order chi connectivity index (χ1) is 9.62. The lowest BCUT2D eigenvalue weighted by molar-refractivity contribution is -0.154. The number of rotatable bonds is 3. The van der Waals surface area contributed by atoms with Crippen LogP contribution in [0, 0.1) is 5.92 Å². The van der Waals surface area contributed by atoms with E-state index in [4.69, 9.17) is 4.74 Å². The Balaban J connectivity index is 1.69. The minimum absolute atomic E-state index is 0.00849. The smallest absolute Gasteiger partial charge is 0.248 e. The Kier molecular flexibility index (Phi) is 3.71. The van der Waals surface area contributed by atoms with Crippen LogP contribution in [0.5, 0.6) is 0 Å². The molecule has 0 aromatic heterocycles. The van der Waals surface area contributed by atoms with E-state index in [0.717, 1.165) is 51.7 Å². The third-order valence-electron chi connectivity index (χ3n) is 5.14. The van der Waals surface area contributed by atoms with Gasteiger partial charge >= 0.3 is 0 Å². The molecule has 20 heavy (non-hydrogen) atoms. The standard InChI is InChI=1S/C15H24N2O3/c1-11-13(18)16-15(6-2-3-7-15)14(19)17(11)8-4-12-5-9-20-10-12/h11-12H,2-10H2,1H3,(H,16,18). The van der Waals surface area contributed by atoms with Crippen molar-refractivity contribution in [3.63, 3.8) is 0 Å². The number of hydrogen-bond donors (Lipinski definition) is 1. The van der Waals surface area contributed by atoms with Crippen LogP contribution in [-0.2, 0) is 14.3 Å². The van der Waals surface area contributed by atoms with Gasteiger partial charge in [-0.25, -0.2) is 0 Å². The van der Waals surface area contributed by atoms with Crippen LogP contribution in [0.4, 0.5) is 0 Å². The number of hydrogen-bond acceptors (Lipinski definition) is 3. The molecule has 5 nitrogen and oxygen atoms in total. The molecule has 1 aliphatic carbocycles. The summed E-state index contributed by atoms with van der Waals surface area (Å²) in [6.07, 6.45) is 5.68. The molecule has 2 heterocycles. The maximum absolute atomic E-state index is 12.8. The molecule has 5 heteroatoms. The van der Waals surface area contributed by atoms with E-state index in [9.17, 15) is 9.59 Å². The molecule has 3 aliphatic rings. The van der Waals surface area contributed by atoms with E-state index in [1.54, 1.807) is 0 Å². The minimum Gasteiger partial charge on any atom is -0.381 e. The molecule has 3 fully saturated rings. The largest absolute Gasteiger partial charge is 0.381 e. The summed E-state index contributed by atoms with van der Waals surface area (Å²) in [6.45, 7) is 4.15. The first kappa shape index (κ1) is 13.9. The molecule has 0 bridgehead atoms. The zero-order valence-corrected chi connectivity index (χ0v) is 12.2. The van der Waals surface area contributed by atoms with E-state index < -0.39 is 5.54 Å². The summed E-state index contributed by atoms with van der Waals surface area (Å²) in [5.74, 6) is 0.690. The first-order valence-electron chi connectivity index (χ1n) is 7.83. The number of carbonyl (C=O) groups excluding carboxylic acids is 2. The molecule has 3 rings (SSSR count). The van der Waals surface area contributed by atoms with Crippen LogP contribution in [-0.4, -0.2) is 48.1 Å². The Morgan fingerprint density at radius 1 is 1.35 bits per heavy atom. The van der Waals surface area contributed by atoms with Crippen molar-refractivity contribution in [2.75, 3.05) is 19.8 Å². The number of piperazine rings is 1. The van der Waals surface area contributed by atoms with Gasteiger partial charge in [-0.15, -0.1) is 0 Å². The van der Waals surface area contributed by atoms with E-state index >= 15 is 0 Å². The van der Waals surface area contributed by atoms with Gasteiger partial charge in [-0.3, -0.25) is 9.59 Å². The molecule has 2 atom stereocenters. The number of nitrogens with zero attached hydrogens (tertiary/aromatic N) is 1. The highest BCUT2D eigenvalue weighted by Crippen LogP contribution is 2.35. The molecule has 112 valence electrons. The number of nitrogens with one attached hydrogen (secondary N) is 1. The van der Waals surface area contributed by atoms with Crippen LogP contribution in [0.1, 0.15) is 45.4 Å². The lowest BCUT2D eigenvalue weighted by Crippen LogP contribution is -2.68. The normalized spacial score (nSPS) is 33.0. The van der Waals surface area contributed by atoms with E-state index in [0.29, 0.717) is 12.5 Å². The van der Waals surface area contributed by atoms with Crippen molar-refractivity contribution in [3.05, 3.63) is 0 Å². The second-order valence-electron chi connectivity index (χ2n) is 6.47. The summed E-state index contributed by atoms with van der Waals surface area (Å²) in [7, 11) is 0. The average molecular weight is 280 g/mol. The molecule has 1 spiro atoms. The molecule has 2 amide bonds. The molecule has 2 saturated heterocycles. The van der Waals surface area contributed by atoms with Gasteiger partial charge in [0.2, 0.25) is 11.8 Å². The number of ether oxygens (including phenoxy) is 1. The Morgan fingerprint density at radius 2 is 2.10 bits per heavy atom. The fourth-order valence-corrected chi connectivity index (χ4v) is 3.73. The van der Waals surface area contributed by atoms with Crippen LogP contribution in [0.3, 0.4) is 0 Å². The van der Waals surface area contributed by atoms with Crippen molar-refractivity contribution < 1.29 is 14.3 Å². The summed E-state index contributed by atoms with van der Waals surface area (Å²) in [5, 5.41) is 2.99. The van der Waals surface area contributed by atoms with Gasteiger partial charge in [-0.05, 0) is 38.5 Å². The zero-order valence-electron chi connectivity index (χ0n) is 12.2. The van der Waals surface area contributed by atoms with Gasteiger partial charge in [0.25, 0.3) is 0 Å². The summed E-state index contributed by atoms with van der Waals surface area (Å²) in [5.41, 5.74) is -0.588. The highest BCUT2D eigenvalue weighted by Gasteiger charge is 2.50. The highest BCUT2D eigenvalue weighted by atomic mass is 16.5. The number of amides is 2. The van der Waals surface area contributed by atoms with Crippen LogP contribution in [0.25, 0.3) is 0 Å². The summed E-state index contributed by atoms with van der Waals surface area (Å²) >= 11 is 0. The molecular weight excluding hydrogens is 256 g/mol. The Hall–Kier alpha value is -1.10. The van der Waals surface area contributed by atoms with Gasteiger partial charge in [-0.2, -0.15) is 0 Å². The van der Waals surface area contributed by atoms with Gasteiger partial charge in [0.05, 0.1) is 0 Å². The Labute approximate surface area is 120 Å².